The zero-order chi connectivity index (χ0) is 21.4. The number of anilines is 2. The molecule has 0 aliphatic carbocycles. The molecule has 0 saturated carbocycles. The van der Waals surface area contributed by atoms with Gasteiger partial charge in [-0.1, -0.05) is 17.7 Å². The van der Waals surface area contributed by atoms with Crippen LogP contribution < -0.4 is 15.5 Å². The first-order valence-electron chi connectivity index (χ1n) is 9.20. The number of carbonyl (C=O) groups is 3. The van der Waals surface area contributed by atoms with Crippen molar-refractivity contribution in [3.63, 3.8) is 0 Å². The summed E-state index contributed by atoms with van der Waals surface area (Å²) in [4.78, 5) is 36.9. The number of aryl methyl sites for hydroxylation is 1. The monoisotopic (exact) mass is 418 g/mol. The van der Waals surface area contributed by atoms with E-state index >= 15 is 0 Å². The second-order valence-electron chi connectivity index (χ2n) is 6.58. The maximum atomic E-state index is 12.4. The molecule has 2 aromatic carbocycles. The molecule has 2 amide bonds. The Hall–Kier alpha value is -2.90. The number of carbonyl (C=O) groups excluding carboxylic acids is 3. The molecule has 0 fully saturated rings. The van der Waals surface area contributed by atoms with Crippen molar-refractivity contribution in [1.29, 1.82) is 0 Å². The van der Waals surface area contributed by atoms with E-state index in [9.17, 15) is 14.4 Å². The molecule has 2 aromatic rings. The molecular formula is C21H25ClN3O4+. The lowest BCUT2D eigenvalue weighted by Gasteiger charge is -2.17. The van der Waals surface area contributed by atoms with Crippen molar-refractivity contribution in [2.24, 2.45) is 0 Å². The Kier molecular flexibility index (Phi) is 8.18. The van der Waals surface area contributed by atoms with Crippen molar-refractivity contribution in [3.05, 3.63) is 58.6 Å². The van der Waals surface area contributed by atoms with E-state index in [1.807, 2.05) is 19.9 Å². The molecule has 0 saturated heterocycles. The van der Waals surface area contributed by atoms with Crippen LogP contribution in [0.25, 0.3) is 0 Å². The summed E-state index contributed by atoms with van der Waals surface area (Å²) in [6, 6.07) is 11.7. The average molecular weight is 419 g/mol. The number of hydrogen-bond donors (Lipinski definition) is 3. The van der Waals surface area contributed by atoms with E-state index < -0.39 is 5.97 Å². The third-order valence-electron chi connectivity index (χ3n) is 4.38. The summed E-state index contributed by atoms with van der Waals surface area (Å²) >= 11 is 5.98. The van der Waals surface area contributed by atoms with Crippen LogP contribution in [-0.2, 0) is 14.3 Å². The van der Waals surface area contributed by atoms with Crippen molar-refractivity contribution in [2.45, 2.75) is 13.8 Å². The minimum Gasteiger partial charge on any atom is -0.465 e. The van der Waals surface area contributed by atoms with Gasteiger partial charge >= 0.3 is 5.97 Å². The minimum absolute atomic E-state index is 0.136. The predicted molar refractivity (Wildman–Crippen MR) is 112 cm³/mol. The lowest BCUT2D eigenvalue weighted by Crippen LogP contribution is -3.13. The summed E-state index contributed by atoms with van der Waals surface area (Å²) in [6.45, 7) is 4.69. The summed E-state index contributed by atoms with van der Waals surface area (Å²) in [5, 5.41) is 6.16. The maximum absolute atomic E-state index is 12.4. The third kappa shape index (κ3) is 6.89. The Morgan fingerprint density at radius 2 is 1.62 bits per heavy atom. The number of methoxy groups -OCH3 is 1. The van der Waals surface area contributed by atoms with Gasteiger partial charge in [0.2, 0.25) is 0 Å². The first-order chi connectivity index (χ1) is 13.8. The number of esters is 1. The summed E-state index contributed by atoms with van der Waals surface area (Å²) in [5.74, 6) is -0.854. The van der Waals surface area contributed by atoms with Crippen LogP contribution in [0.2, 0.25) is 5.02 Å². The molecule has 0 aliphatic heterocycles. The summed E-state index contributed by atoms with van der Waals surface area (Å²) in [6.07, 6.45) is 0. The molecule has 0 heterocycles. The van der Waals surface area contributed by atoms with Gasteiger partial charge in [0.25, 0.3) is 11.8 Å². The second-order valence-corrected chi connectivity index (χ2v) is 7.02. The van der Waals surface area contributed by atoms with Gasteiger partial charge in [-0.3, -0.25) is 9.59 Å². The molecule has 0 bridgehead atoms. The van der Waals surface area contributed by atoms with Gasteiger partial charge in [-0.05, 0) is 55.8 Å². The average Bonchev–Trinajstić information content (AvgIpc) is 2.70. The van der Waals surface area contributed by atoms with Gasteiger partial charge < -0.3 is 20.3 Å². The van der Waals surface area contributed by atoms with Crippen LogP contribution in [0.1, 0.15) is 22.8 Å². The van der Waals surface area contributed by atoms with E-state index in [0.717, 1.165) is 10.5 Å². The Morgan fingerprint density at radius 3 is 2.21 bits per heavy atom. The van der Waals surface area contributed by atoms with Gasteiger partial charge in [-0.25, -0.2) is 4.79 Å². The molecule has 3 N–H and O–H groups in total. The van der Waals surface area contributed by atoms with Crippen molar-refractivity contribution >= 4 is 40.8 Å². The highest BCUT2D eigenvalue weighted by Crippen LogP contribution is 2.19. The molecule has 0 aliphatic rings. The quantitative estimate of drug-likeness (QED) is 0.571. The lowest BCUT2D eigenvalue weighted by molar-refractivity contribution is -0.881. The second kappa shape index (κ2) is 10.6. The van der Waals surface area contributed by atoms with Crippen LogP contribution in [0.3, 0.4) is 0 Å². The molecule has 8 heteroatoms. The third-order valence-corrected chi connectivity index (χ3v) is 4.62. The Morgan fingerprint density at radius 1 is 1.00 bits per heavy atom. The maximum Gasteiger partial charge on any atom is 0.337 e. The minimum atomic E-state index is -0.439. The van der Waals surface area contributed by atoms with E-state index in [0.29, 0.717) is 28.5 Å². The molecule has 29 heavy (non-hydrogen) atoms. The van der Waals surface area contributed by atoms with E-state index in [1.165, 1.54) is 7.11 Å². The number of nitrogens with one attached hydrogen (secondary N) is 3. The van der Waals surface area contributed by atoms with Crippen LogP contribution in [-0.4, -0.2) is 44.5 Å². The molecule has 1 atom stereocenters. The molecule has 7 nitrogen and oxygen atoms in total. The number of benzene rings is 2. The number of quaternary nitrogens is 1. The van der Waals surface area contributed by atoms with Gasteiger partial charge in [-0.15, -0.1) is 0 Å². The summed E-state index contributed by atoms with van der Waals surface area (Å²) in [5.41, 5.74) is 2.54. The van der Waals surface area contributed by atoms with E-state index in [1.54, 1.807) is 36.4 Å². The van der Waals surface area contributed by atoms with E-state index in [-0.39, 0.29) is 24.9 Å². The highest BCUT2D eigenvalue weighted by Gasteiger charge is 2.17. The van der Waals surface area contributed by atoms with Crippen LogP contribution in [0.5, 0.6) is 0 Å². The molecule has 0 radical (unpaired) electrons. The molecule has 1 unspecified atom stereocenters. The number of rotatable bonds is 8. The number of halogens is 1. The fourth-order valence-electron chi connectivity index (χ4n) is 2.70. The van der Waals surface area contributed by atoms with E-state index in [2.05, 4.69) is 15.4 Å². The molecule has 154 valence electrons. The number of ether oxygens (including phenoxy) is 1. The molecule has 0 aromatic heterocycles. The Labute approximate surface area is 175 Å². The number of amides is 2. The Bertz CT molecular complexity index is 884. The first-order valence-corrected chi connectivity index (χ1v) is 9.58. The van der Waals surface area contributed by atoms with Gasteiger partial charge in [-0.2, -0.15) is 0 Å². The SMILES string of the molecule is CC[NH+](CC(=O)Nc1ccc(C(=O)OC)cc1)CC(=O)Nc1cc(Cl)ccc1C. The predicted octanol–water partition coefficient (Wildman–Crippen LogP) is 1.92. The summed E-state index contributed by atoms with van der Waals surface area (Å²) in [7, 11) is 1.31. The summed E-state index contributed by atoms with van der Waals surface area (Å²) < 4.78 is 4.64. The van der Waals surface area contributed by atoms with Crippen molar-refractivity contribution < 1.29 is 24.0 Å². The highest BCUT2D eigenvalue weighted by molar-refractivity contribution is 6.31. The van der Waals surface area contributed by atoms with Crippen LogP contribution in [0, 0.1) is 6.92 Å². The standard InChI is InChI=1S/C21H24ClN3O4/c1-4-25(13-20(27)24-18-11-16(22)8-5-14(18)2)12-19(26)23-17-9-6-15(7-10-17)21(28)29-3/h5-11H,4,12-13H2,1-3H3,(H,23,26)(H,24,27)/p+1. The fraction of sp³-hybridized carbons (Fsp3) is 0.286. The Balaban J connectivity index is 1.89. The van der Waals surface area contributed by atoms with Crippen LogP contribution in [0.15, 0.2) is 42.5 Å². The normalized spacial score (nSPS) is 11.4. The van der Waals surface area contributed by atoms with Crippen LogP contribution >= 0.6 is 11.6 Å². The van der Waals surface area contributed by atoms with Crippen molar-refractivity contribution in [3.8, 4) is 0 Å². The number of likely N-dealkylation sites (N-methyl/N-ethyl adjacent to an activating group) is 1. The van der Waals surface area contributed by atoms with Crippen molar-refractivity contribution in [1.82, 2.24) is 0 Å². The topological polar surface area (TPSA) is 88.9 Å². The molecule has 2 rings (SSSR count). The lowest BCUT2D eigenvalue weighted by atomic mass is 10.2. The number of hydrogen-bond acceptors (Lipinski definition) is 4. The molecule has 0 spiro atoms. The van der Waals surface area contributed by atoms with Gasteiger partial charge in [0, 0.05) is 16.4 Å². The van der Waals surface area contributed by atoms with Gasteiger partial charge in [0.1, 0.15) is 0 Å². The zero-order valence-corrected chi connectivity index (χ0v) is 17.4. The highest BCUT2D eigenvalue weighted by atomic mass is 35.5. The van der Waals surface area contributed by atoms with Crippen LogP contribution in [0.4, 0.5) is 11.4 Å². The molecular weight excluding hydrogens is 394 g/mol. The fourth-order valence-corrected chi connectivity index (χ4v) is 2.87. The van der Waals surface area contributed by atoms with Gasteiger partial charge in [0.05, 0.1) is 19.2 Å². The largest absolute Gasteiger partial charge is 0.465 e. The van der Waals surface area contributed by atoms with Crippen molar-refractivity contribution in [2.75, 3.05) is 37.4 Å². The first kappa shape index (κ1) is 22.4. The zero-order valence-electron chi connectivity index (χ0n) is 16.7. The smallest absolute Gasteiger partial charge is 0.337 e. The van der Waals surface area contributed by atoms with Gasteiger partial charge in [0.15, 0.2) is 13.1 Å². The van der Waals surface area contributed by atoms with E-state index in [4.69, 9.17) is 11.6 Å².